The van der Waals surface area contributed by atoms with Gasteiger partial charge < -0.3 is 9.80 Å². The zero-order valence-corrected chi connectivity index (χ0v) is 13.4. The fraction of sp³-hybridized carbons (Fsp3) is 0.692. The first-order chi connectivity index (χ1) is 9.16. The van der Waals surface area contributed by atoms with Crippen LogP contribution in [-0.2, 0) is 0 Å². The average Bonchev–Trinajstić information content (AvgIpc) is 2.42. The third-order valence-electron chi connectivity index (χ3n) is 4.37. The summed E-state index contributed by atoms with van der Waals surface area (Å²) in [6.45, 7) is 3.35. The van der Waals surface area contributed by atoms with Gasteiger partial charge in [0.2, 0.25) is 0 Å². The Kier molecular flexibility index (Phi) is 3.96. The second-order valence-corrected chi connectivity index (χ2v) is 6.64. The smallest absolute Gasteiger partial charge is 0.148 e. The lowest BCUT2D eigenvalue weighted by Crippen LogP contribution is -2.53. The number of piperidine rings is 2. The predicted molar refractivity (Wildman–Crippen MR) is 80.7 cm³/mol. The fourth-order valence-electron chi connectivity index (χ4n) is 3.41. The van der Waals surface area contributed by atoms with Crippen LogP contribution in [0.3, 0.4) is 0 Å². The lowest BCUT2D eigenvalue weighted by atomic mass is 9.84. The van der Waals surface area contributed by atoms with E-state index >= 15 is 0 Å². The molecule has 19 heavy (non-hydrogen) atoms. The van der Waals surface area contributed by atoms with E-state index in [1.807, 2.05) is 0 Å². The maximum atomic E-state index is 6.06. The molecule has 3 rings (SSSR count). The van der Waals surface area contributed by atoms with Crippen molar-refractivity contribution < 1.29 is 0 Å². The van der Waals surface area contributed by atoms with Crippen LogP contribution in [0, 0.1) is 5.92 Å². The van der Waals surface area contributed by atoms with Crippen LogP contribution in [0.15, 0.2) is 10.8 Å². The Morgan fingerprint density at radius 2 is 2.16 bits per heavy atom. The fourth-order valence-corrected chi connectivity index (χ4v) is 3.99. The first-order valence-electron chi connectivity index (χ1n) is 6.78. The summed E-state index contributed by atoms with van der Waals surface area (Å²) < 4.78 is 0.819. The van der Waals surface area contributed by atoms with Crippen molar-refractivity contribution in [2.24, 2.45) is 5.92 Å². The number of likely N-dealkylation sites (tertiary alicyclic amines) is 1. The Bertz CT molecular complexity index is 470. The van der Waals surface area contributed by atoms with Crippen LogP contribution in [0.4, 0.5) is 5.82 Å². The number of halogens is 2. The molecule has 2 unspecified atom stereocenters. The zero-order valence-electron chi connectivity index (χ0n) is 11.0. The maximum Gasteiger partial charge on any atom is 0.148 e. The molecule has 1 aromatic heterocycles. The first kappa shape index (κ1) is 13.6. The topological polar surface area (TPSA) is 32.3 Å². The van der Waals surface area contributed by atoms with E-state index in [2.05, 4.69) is 42.7 Å². The van der Waals surface area contributed by atoms with Gasteiger partial charge in [0.15, 0.2) is 0 Å². The normalized spacial score (nSPS) is 28.3. The molecule has 0 bridgehead atoms. The van der Waals surface area contributed by atoms with Crippen LogP contribution in [0.2, 0.25) is 5.15 Å². The Morgan fingerprint density at radius 3 is 3.00 bits per heavy atom. The monoisotopic (exact) mass is 344 g/mol. The summed E-state index contributed by atoms with van der Waals surface area (Å²) in [7, 11) is 2.25. The van der Waals surface area contributed by atoms with Gasteiger partial charge in [0.25, 0.3) is 0 Å². The Labute approximate surface area is 127 Å². The molecule has 2 atom stereocenters. The largest absolute Gasteiger partial charge is 0.355 e. The van der Waals surface area contributed by atoms with Gasteiger partial charge in [0, 0.05) is 19.1 Å². The molecule has 3 heterocycles. The molecule has 2 aliphatic heterocycles. The molecule has 2 saturated heterocycles. The minimum absolute atomic E-state index is 0.493. The molecule has 104 valence electrons. The highest BCUT2D eigenvalue weighted by Crippen LogP contribution is 2.35. The second-order valence-electron chi connectivity index (χ2n) is 5.49. The van der Waals surface area contributed by atoms with Crippen LogP contribution in [0.25, 0.3) is 0 Å². The molecule has 0 aromatic carbocycles. The highest BCUT2D eigenvalue weighted by Gasteiger charge is 2.35. The molecule has 0 N–H and O–H groups in total. The SMILES string of the molecule is CN1CCCC2CN(c3ncnc(Cl)c3Br)CCC21. The van der Waals surface area contributed by atoms with E-state index < -0.39 is 0 Å². The number of rotatable bonds is 1. The van der Waals surface area contributed by atoms with Gasteiger partial charge in [-0.25, -0.2) is 9.97 Å². The van der Waals surface area contributed by atoms with Gasteiger partial charge in [-0.3, -0.25) is 0 Å². The quantitative estimate of drug-likeness (QED) is 0.733. The maximum absolute atomic E-state index is 6.06. The summed E-state index contributed by atoms with van der Waals surface area (Å²) in [6, 6.07) is 0.737. The molecule has 0 amide bonds. The van der Waals surface area contributed by atoms with Crippen molar-refractivity contribution in [1.29, 1.82) is 0 Å². The molecular weight excluding hydrogens is 328 g/mol. The highest BCUT2D eigenvalue weighted by molar-refractivity contribution is 9.10. The lowest BCUT2D eigenvalue weighted by Gasteiger charge is -2.46. The minimum Gasteiger partial charge on any atom is -0.355 e. The van der Waals surface area contributed by atoms with Gasteiger partial charge in [-0.2, -0.15) is 0 Å². The van der Waals surface area contributed by atoms with Crippen LogP contribution in [0.5, 0.6) is 0 Å². The van der Waals surface area contributed by atoms with Crippen LogP contribution < -0.4 is 4.90 Å². The van der Waals surface area contributed by atoms with E-state index in [4.69, 9.17) is 11.6 Å². The highest BCUT2D eigenvalue weighted by atomic mass is 79.9. The number of hydrogen-bond acceptors (Lipinski definition) is 4. The Balaban J connectivity index is 1.79. The number of aromatic nitrogens is 2. The predicted octanol–water partition coefficient (Wildman–Crippen LogP) is 2.81. The average molecular weight is 346 g/mol. The van der Waals surface area contributed by atoms with E-state index in [-0.39, 0.29) is 0 Å². The van der Waals surface area contributed by atoms with Crippen molar-refractivity contribution in [3.8, 4) is 0 Å². The molecule has 0 saturated carbocycles. The molecule has 4 nitrogen and oxygen atoms in total. The van der Waals surface area contributed by atoms with E-state index in [1.165, 1.54) is 25.8 Å². The minimum atomic E-state index is 0.493. The Morgan fingerprint density at radius 1 is 1.32 bits per heavy atom. The van der Waals surface area contributed by atoms with Gasteiger partial charge in [0.1, 0.15) is 17.3 Å². The zero-order chi connectivity index (χ0) is 13.4. The van der Waals surface area contributed by atoms with Crippen molar-refractivity contribution in [3.05, 3.63) is 16.0 Å². The molecule has 0 radical (unpaired) electrons. The lowest BCUT2D eigenvalue weighted by molar-refractivity contribution is 0.102. The van der Waals surface area contributed by atoms with Gasteiger partial charge in [-0.15, -0.1) is 0 Å². The summed E-state index contributed by atoms with van der Waals surface area (Å²) in [4.78, 5) is 13.3. The third-order valence-corrected chi connectivity index (χ3v) is 5.62. The summed E-state index contributed by atoms with van der Waals surface area (Å²) >= 11 is 9.57. The first-order valence-corrected chi connectivity index (χ1v) is 7.95. The van der Waals surface area contributed by atoms with Gasteiger partial charge >= 0.3 is 0 Å². The molecule has 2 fully saturated rings. The standard InChI is InChI=1S/C13H18BrClN4/c1-18-5-2-3-9-7-19(6-4-10(9)18)13-11(14)12(15)16-8-17-13/h8-10H,2-7H2,1H3. The number of anilines is 1. The van der Waals surface area contributed by atoms with Gasteiger partial charge in [-0.05, 0) is 54.7 Å². The van der Waals surface area contributed by atoms with Gasteiger partial charge in [-0.1, -0.05) is 11.6 Å². The van der Waals surface area contributed by atoms with Crippen LogP contribution in [0.1, 0.15) is 19.3 Å². The number of fused-ring (bicyclic) bond motifs is 1. The molecule has 1 aromatic rings. The van der Waals surface area contributed by atoms with Crippen molar-refractivity contribution in [2.45, 2.75) is 25.3 Å². The van der Waals surface area contributed by atoms with Gasteiger partial charge in [0.05, 0.1) is 4.47 Å². The Hall–Kier alpha value is -0.390. The molecular formula is C13H18BrClN4. The summed E-state index contributed by atoms with van der Waals surface area (Å²) in [5.41, 5.74) is 0. The van der Waals surface area contributed by atoms with E-state index in [1.54, 1.807) is 6.33 Å². The second kappa shape index (κ2) is 5.54. The van der Waals surface area contributed by atoms with E-state index in [0.29, 0.717) is 5.15 Å². The number of nitrogens with zero attached hydrogens (tertiary/aromatic N) is 4. The summed E-state index contributed by atoms with van der Waals surface area (Å²) in [5.74, 6) is 1.68. The van der Waals surface area contributed by atoms with Crippen molar-refractivity contribution in [1.82, 2.24) is 14.9 Å². The third kappa shape index (κ3) is 2.60. The molecule has 0 spiro atoms. The number of hydrogen-bond donors (Lipinski definition) is 0. The molecule has 6 heteroatoms. The van der Waals surface area contributed by atoms with E-state index in [9.17, 15) is 0 Å². The van der Waals surface area contributed by atoms with Crippen molar-refractivity contribution >= 4 is 33.3 Å². The molecule has 2 aliphatic rings. The van der Waals surface area contributed by atoms with Crippen LogP contribution in [-0.4, -0.2) is 47.6 Å². The van der Waals surface area contributed by atoms with Crippen molar-refractivity contribution in [2.75, 3.05) is 31.6 Å². The molecule has 0 aliphatic carbocycles. The van der Waals surface area contributed by atoms with Crippen LogP contribution >= 0.6 is 27.5 Å². The van der Waals surface area contributed by atoms with E-state index in [0.717, 1.165) is 35.3 Å². The summed E-state index contributed by atoms with van der Waals surface area (Å²) in [5, 5.41) is 0.493. The van der Waals surface area contributed by atoms with Crippen molar-refractivity contribution in [3.63, 3.8) is 0 Å². The summed E-state index contributed by atoms with van der Waals surface area (Å²) in [6.07, 6.45) is 5.37.